The SMILES string of the molecule is CCc1cnn(C2(CC#N)CN(C3=CC=CN4NC(NC5=CNNC5)N=C34)C2)c1. The van der Waals surface area contributed by atoms with Crippen molar-refractivity contribution >= 4 is 5.84 Å². The number of fused-ring (bicyclic) bond motifs is 1. The van der Waals surface area contributed by atoms with Crippen LogP contribution in [0.2, 0.25) is 0 Å². The van der Waals surface area contributed by atoms with Crippen molar-refractivity contribution in [2.24, 2.45) is 4.99 Å². The molecule has 4 aliphatic heterocycles. The summed E-state index contributed by atoms with van der Waals surface area (Å²) in [6.07, 6.45) is 13.1. The van der Waals surface area contributed by atoms with E-state index in [1.807, 2.05) is 34.4 Å². The highest BCUT2D eigenvalue weighted by Gasteiger charge is 2.48. The first-order valence-electron chi connectivity index (χ1n) is 9.83. The molecule has 0 spiro atoms. The fraction of sp³-hybridized carbons (Fsp3) is 0.421. The van der Waals surface area contributed by atoms with Gasteiger partial charge in [0.25, 0.3) is 0 Å². The van der Waals surface area contributed by atoms with Crippen molar-refractivity contribution in [1.82, 2.24) is 41.3 Å². The van der Waals surface area contributed by atoms with Crippen LogP contribution in [-0.2, 0) is 12.0 Å². The van der Waals surface area contributed by atoms with Gasteiger partial charge in [0.1, 0.15) is 5.54 Å². The lowest BCUT2D eigenvalue weighted by Gasteiger charge is -2.51. The molecule has 10 nitrogen and oxygen atoms in total. The van der Waals surface area contributed by atoms with Gasteiger partial charge in [0.2, 0.25) is 0 Å². The minimum absolute atomic E-state index is 0.229. The lowest BCUT2D eigenvalue weighted by molar-refractivity contribution is 0.0367. The molecular weight excluding hydrogens is 368 g/mol. The number of hydrogen-bond acceptors (Lipinski definition) is 9. The molecule has 0 bridgehead atoms. The third-order valence-electron chi connectivity index (χ3n) is 5.66. The van der Waals surface area contributed by atoms with Gasteiger partial charge in [0.15, 0.2) is 12.1 Å². The average Bonchev–Trinajstić information content (AvgIpc) is 3.44. The number of nitrogens with zero attached hydrogens (tertiary/aromatic N) is 6. The van der Waals surface area contributed by atoms with E-state index in [1.54, 1.807) is 0 Å². The lowest BCUT2D eigenvalue weighted by atomic mass is 9.86. The minimum atomic E-state index is -0.286. The Morgan fingerprint density at radius 2 is 2.31 bits per heavy atom. The molecule has 1 atom stereocenters. The highest BCUT2D eigenvalue weighted by atomic mass is 15.6. The molecule has 1 saturated heterocycles. The van der Waals surface area contributed by atoms with Gasteiger partial charge in [-0.3, -0.25) is 9.69 Å². The molecule has 29 heavy (non-hydrogen) atoms. The molecule has 10 heteroatoms. The van der Waals surface area contributed by atoms with E-state index in [-0.39, 0.29) is 11.8 Å². The van der Waals surface area contributed by atoms with E-state index in [0.717, 1.165) is 43.3 Å². The molecule has 0 aliphatic carbocycles. The lowest BCUT2D eigenvalue weighted by Crippen LogP contribution is -2.63. The molecule has 0 radical (unpaired) electrons. The Bertz CT molecular complexity index is 956. The van der Waals surface area contributed by atoms with E-state index in [1.165, 1.54) is 5.56 Å². The summed E-state index contributed by atoms with van der Waals surface area (Å²) in [5.41, 5.74) is 12.3. The van der Waals surface area contributed by atoms with E-state index in [4.69, 9.17) is 4.99 Å². The second kappa shape index (κ2) is 6.95. The zero-order valence-corrected chi connectivity index (χ0v) is 16.3. The summed E-state index contributed by atoms with van der Waals surface area (Å²) in [7, 11) is 0. The number of hydrogen-bond donors (Lipinski definition) is 4. The van der Waals surface area contributed by atoms with Crippen molar-refractivity contribution in [3.63, 3.8) is 0 Å². The molecule has 1 unspecified atom stereocenters. The summed E-state index contributed by atoms with van der Waals surface area (Å²) in [6.45, 7) is 4.31. The number of nitriles is 1. The Balaban J connectivity index is 1.33. The molecule has 5 heterocycles. The van der Waals surface area contributed by atoms with Gasteiger partial charge in [-0.05, 0) is 24.1 Å². The Morgan fingerprint density at radius 3 is 3.03 bits per heavy atom. The van der Waals surface area contributed by atoms with Crippen molar-refractivity contribution < 1.29 is 0 Å². The topological polar surface area (TPSA) is 109 Å². The maximum absolute atomic E-state index is 9.41. The van der Waals surface area contributed by atoms with Crippen LogP contribution in [0.15, 0.2) is 53.3 Å². The van der Waals surface area contributed by atoms with Crippen LogP contribution < -0.4 is 21.6 Å². The summed E-state index contributed by atoms with van der Waals surface area (Å²) in [5, 5.41) is 19.2. The Hall–Kier alpha value is -3.29. The summed E-state index contributed by atoms with van der Waals surface area (Å²) in [6, 6.07) is 2.35. The number of hydrazine groups is 2. The molecule has 0 amide bonds. The monoisotopic (exact) mass is 392 g/mol. The molecular formula is C19H24N10. The van der Waals surface area contributed by atoms with Crippen LogP contribution in [-0.4, -0.2) is 51.4 Å². The molecule has 0 saturated carbocycles. The van der Waals surface area contributed by atoms with E-state index >= 15 is 0 Å². The normalized spacial score (nSPS) is 24.1. The third kappa shape index (κ3) is 3.04. The van der Waals surface area contributed by atoms with Crippen molar-refractivity contribution in [1.29, 1.82) is 5.26 Å². The van der Waals surface area contributed by atoms with E-state index in [9.17, 15) is 5.26 Å². The molecule has 0 aromatic carbocycles. The van der Waals surface area contributed by atoms with Crippen LogP contribution in [0.1, 0.15) is 18.9 Å². The van der Waals surface area contributed by atoms with Gasteiger partial charge in [0, 0.05) is 37.4 Å². The van der Waals surface area contributed by atoms with Crippen LogP contribution in [0.4, 0.5) is 0 Å². The Kier molecular flexibility index (Phi) is 4.26. The molecule has 4 aliphatic rings. The summed E-state index contributed by atoms with van der Waals surface area (Å²) < 4.78 is 1.98. The quantitative estimate of drug-likeness (QED) is 0.528. The summed E-state index contributed by atoms with van der Waals surface area (Å²) in [4.78, 5) is 7.08. The molecule has 150 valence electrons. The van der Waals surface area contributed by atoms with Gasteiger partial charge >= 0.3 is 0 Å². The van der Waals surface area contributed by atoms with Crippen LogP contribution in [0.3, 0.4) is 0 Å². The second-order valence-corrected chi connectivity index (χ2v) is 7.62. The van der Waals surface area contributed by atoms with E-state index in [0.29, 0.717) is 6.42 Å². The molecule has 1 aromatic heterocycles. The van der Waals surface area contributed by atoms with Gasteiger partial charge in [-0.1, -0.05) is 6.92 Å². The van der Waals surface area contributed by atoms with Crippen molar-refractivity contribution in [3.8, 4) is 6.07 Å². The van der Waals surface area contributed by atoms with Crippen LogP contribution in [0.5, 0.6) is 0 Å². The largest absolute Gasteiger partial charge is 0.363 e. The molecule has 1 fully saturated rings. The number of rotatable bonds is 6. The van der Waals surface area contributed by atoms with Gasteiger partial charge in [-0.15, -0.1) is 0 Å². The van der Waals surface area contributed by atoms with Gasteiger partial charge in [-0.25, -0.2) is 10.4 Å². The highest BCUT2D eigenvalue weighted by Crippen LogP contribution is 2.36. The summed E-state index contributed by atoms with van der Waals surface area (Å²) >= 11 is 0. The van der Waals surface area contributed by atoms with Crippen molar-refractivity contribution in [2.45, 2.75) is 31.6 Å². The number of aromatic nitrogens is 2. The molecule has 5 rings (SSSR count). The minimum Gasteiger partial charge on any atom is -0.363 e. The predicted octanol–water partition coefficient (Wildman–Crippen LogP) is -0.178. The number of aliphatic imine (C=N–C) groups is 1. The standard InChI is InChI=1S/C19H24N10/c1-2-14-8-23-29(11-14)19(5-6-20)12-27(13-19)16-4-3-7-28-17(16)25-18(26-28)24-15-9-21-22-10-15/h3-4,7-9,11,18,21-22,24,26H,2,5,10,12-13H2,1H3. The van der Waals surface area contributed by atoms with Gasteiger partial charge < -0.3 is 15.6 Å². The van der Waals surface area contributed by atoms with Crippen LogP contribution in [0.25, 0.3) is 0 Å². The van der Waals surface area contributed by atoms with Gasteiger partial charge in [-0.2, -0.15) is 15.8 Å². The fourth-order valence-corrected chi connectivity index (χ4v) is 4.04. The number of allylic oxidation sites excluding steroid dienone is 2. The molecule has 1 aromatic rings. The van der Waals surface area contributed by atoms with Gasteiger partial charge in [0.05, 0.1) is 30.9 Å². The highest BCUT2D eigenvalue weighted by molar-refractivity contribution is 6.00. The fourth-order valence-electron chi connectivity index (χ4n) is 4.04. The molecule has 4 N–H and O–H groups in total. The predicted molar refractivity (Wildman–Crippen MR) is 107 cm³/mol. The first kappa shape index (κ1) is 17.8. The zero-order valence-electron chi connectivity index (χ0n) is 16.3. The Labute approximate surface area is 169 Å². The van der Waals surface area contributed by atoms with Crippen LogP contribution >= 0.6 is 0 Å². The number of aryl methyl sites for hydroxylation is 1. The smallest absolute Gasteiger partial charge is 0.193 e. The second-order valence-electron chi connectivity index (χ2n) is 7.62. The van der Waals surface area contributed by atoms with E-state index in [2.05, 4.69) is 56.9 Å². The number of nitrogens with one attached hydrogen (secondary N) is 4. The number of likely N-dealkylation sites (tertiary alicyclic amines) is 1. The Morgan fingerprint density at radius 1 is 1.41 bits per heavy atom. The zero-order chi connectivity index (χ0) is 19.8. The van der Waals surface area contributed by atoms with E-state index < -0.39 is 0 Å². The first-order valence-corrected chi connectivity index (χ1v) is 9.83. The van der Waals surface area contributed by atoms with Crippen molar-refractivity contribution in [3.05, 3.63) is 53.9 Å². The first-order chi connectivity index (χ1) is 14.2. The third-order valence-corrected chi connectivity index (χ3v) is 5.66. The maximum Gasteiger partial charge on any atom is 0.193 e. The average molecular weight is 392 g/mol. The van der Waals surface area contributed by atoms with Crippen molar-refractivity contribution in [2.75, 3.05) is 19.6 Å². The maximum atomic E-state index is 9.41. The number of amidine groups is 1. The summed E-state index contributed by atoms with van der Waals surface area (Å²) in [5.74, 6) is 0.879. The van der Waals surface area contributed by atoms with Crippen LogP contribution in [0, 0.1) is 11.3 Å².